The first kappa shape index (κ1) is 13.4. The molecule has 1 aliphatic rings. The summed E-state index contributed by atoms with van der Waals surface area (Å²) in [6.07, 6.45) is -0.339. The van der Waals surface area contributed by atoms with Gasteiger partial charge in [0, 0.05) is 39.1 Å². The molecule has 1 heterocycles. The van der Waals surface area contributed by atoms with Crippen molar-refractivity contribution < 1.29 is 13.2 Å². The highest BCUT2D eigenvalue weighted by Crippen LogP contribution is 2.33. The van der Waals surface area contributed by atoms with E-state index in [1.54, 1.807) is 0 Å². The third-order valence-electron chi connectivity index (χ3n) is 3.22. The molecule has 1 aromatic rings. The van der Waals surface area contributed by atoms with Crippen LogP contribution in [-0.4, -0.2) is 37.6 Å². The van der Waals surface area contributed by atoms with Crippen LogP contribution in [0.3, 0.4) is 0 Å². The summed E-state index contributed by atoms with van der Waals surface area (Å²) in [7, 11) is 0. The Balaban J connectivity index is 1.96. The SMILES string of the molecule is Fc1ccccc1C(F)(F)CCN1CCNCC1. The molecule has 0 bridgehead atoms. The third-order valence-corrected chi connectivity index (χ3v) is 3.22. The largest absolute Gasteiger partial charge is 0.314 e. The topological polar surface area (TPSA) is 15.3 Å². The quantitative estimate of drug-likeness (QED) is 0.890. The summed E-state index contributed by atoms with van der Waals surface area (Å²) in [6, 6.07) is 5.10. The van der Waals surface area contributed by atoms with Crippen molar-refractivity contribution in [3.05, 3.63) is 35.6 Å². The molecule has 0 amide bonds. The monoisotopic (exact) mass is 258 g/mol. The second-order valence-electron chi connectivity index (χ2n) is 4.53. The average molecular weight is 258 g/mol. The Labute approximate surface area is 105 Å². The molecule has 5 heteroatoms. The van der Waals surface area contributed by atoms with Crippen molar-refractivity contribution in [2.24, 2.45) is 0 Å². The molecule has 1 aromatic carbocycles. The lowest BCUT2D eigenvalue weighted by Crippen LogP contribution is -2.44. The van der Waals surface area contributed by atoms with Crippen molar-refractivity contribution in [2.45, 2.75) is 12.3 Å². The van der Waals surface area contributed by atoms with E-state index in [0.29, 0.717) is 6.54 Å². The zero-order valence-corrected chi connectivity index (χ0v) is 10.1. The first-order chi connectivity index (χ1) is 8.59. The molecule has 0 aliphatic carbocycles. The Hall–Kier alpha value is -1.07. The van der Waals surface area contributed by atoms with E-state index in [2.05, 4.69) is 5.32 Å². The third kappa shape index (κ3) is 3.23. The molecule has 1 saturated heterocycles. The van der Waals surface area contributed by atoms with Crippen LogP contribution in [0.2, 0.25) is 0 Å². The van der Waals surface area contributed by atoms with E-state index in [4.69, 9.17) is 0 Å². The highest BCUT2D eigenvalue weighted by Gasteiger charge is 2.34. The van der Waals surface area contributed by atoms with Gasteiger partial charge in [0.25, 0.3) is 5.92 Å². The van der Waals surface area contributed by atoms with Gasteiger partial charge in [0.05, 0.1) is 5.56 Å². The van der Waals surface area contributed by atoms with Gasteiger partial charge in [-0.25, -0.2) is 13.2 Å². The number of piperazine rings is 1. The zero-order chi connectivity index (χ0) is 13.0. The van der Waals surface area contributed by atoms with Crippen LogP contribution in [0, 0.1) is 5.82 Å². The molecule has 0 spiro atoms. The number of nitrogens with one attached hydrogen (secondary N) is 1. The fourth-order valence-corrected chi connectivity index (χ4v) is 2.13. The van der Waals surface area contributed by atoms with Crippen molar-refractivity contribution in [3.8, 4) is 0 Å². The van der Waals surface area contributed by atoms with Crippen LogP contribution in [0.25, 0.3) is 0 Å². The Kier molecular flexibility index (Phi) is 4.24. The molecular weight excluding hydrogens is 241 g/mol. The molecule has 0 aromatic heterocycles. The van der Waals surface area contributed by atoms with Gasteiger partial charge < -0.3 is 10.2 Å². The molecule has 0 saturated carbocycles. The molecule has 2 rings (SSSR count). The maximum Gasteiger partial charge on any atom is 0.277 e. The highest BCUT2D eigenvalue weighted by atomic mass is 19.3. The predicted molar refractivity (Wildman–Crippen MR) is 64.2 cm³/mol. The van der Waals surface area contributed by atoms with E-state index < -0.39 is 17.3 Å². The maximum atomic E-state index is 13.9. The Morgan fingerprint density at radius 2 is 1.83 bits per heavy atom. The van der Waals surface area contributed by atoms with Crippen LogP contribution < -0.4 is 5.32 Å². The van der Waals surface area contributed by atoms with E-state index in [1.165, 1.54) is 12.1 Å². The van der Waals surface area contributed by atoms with E-state index in [0.717, 1.165) is 38.3 Å². The number of alkyl halides is 2. The second kappa shape index (κ2) is 5.71. The normalized spacial score (nSPS) is 17.9. The number of hydrogen-bond acceptors (Lipinski definition) is 2. The van der Waals surface area contributed by atoms with Crippen molar-refractivity contribution >= 4 is 0 Å². The summed E-state index contributed by atoms with van der Waals surface area (Å²) >= 11 is 0. The summed E-state index contributed by atoms with van der Waals surface area (Å²) in [4.78, 5) is 1.98. The second-order valence-corrected chi connectivity index (χ2v) is 4.53. The molecule has 1 aliphatic heterocycles. The number of rotatable bonds is 4. The van der Waals surface area contributed by atoms with Crippen LogP contribution in [0.15, 0.2) is 24.3 Å². The molecule has 18 heavy (non-hydrogen) atoms. The molecule has 1 fully saturated rings. The Bertz CT molecular complexity index is 390. The van der Waals surface area contributed by atoms with Crippen molar-refractivity contribution in [2.75, 3.05) is 32.7 Å². The van der Waals surface area contributed by atoms with Crippen LogP contribution >= 0.6 is 0 Å². The van der Waals surface area contributed by atoms with Gasteiger partial charge in [0.2, 0.25) is 0 Å². The number of benzene rings is 1. The van der Waals surface area contributed by atoms with Gasteiger partial charge >= 0.3 is 0 Å². The van der Waals surface area contributed by atoms with Crippen LogP contribution in [-0.2, 0) is 5.92 Å². The van der Waals surface area contributed by atoms with Crippen molar-refractivity contribution in [1.82, 2.24) is 10.2 Å². The van der Waals surface area contributed by atoms with Gasteiger partial charge in [0.1, 0.15) is 5.82 Å². The van der Waals surface area contributed by atoms with Crippen LogP contribution in [0.1, 0.15) is 12.0 Å². The molecule has 100 valence electrons. The van der Waals surface area contributed by atoms with E-state index in [-0.39, 0.29) is 6.42 Å². The predicted octanol–water partition coefficient (Wildman–Crippen LogP) is 2.21. The number of nitrogens with zero attached hydrogens (tertiary/aromatic N) is 1. The van der Waals surface area contributed by atoms with Crippen molar-refractivity contribution in [3.63, 3.8) is 0 Å². The minimum atomic E-state index is -3.10. The molecule has 0 atom stereocenters. The zero-order valence-electron chi connectivity index (χ0n) is 10.1. The van der Waals surface area contributed by atoms with Gasteiger partial charge in [-0.3, -0.25) is 0 Å². The van der Waals surface area contributed by atoms with E-state index >= 15 is 0 Å². The summed E-state index contributed by atoms with van der Waals surface area (Å²) in [5, 5.41) is 3.16. The van der Waals surface area contributed by atoms with E-state index in [1.807, 2.05) is 4.90 Å². The summed E-state index contributed by atoms with van der Waals surface area (Å²) in [5.74, 6) is -3.93. The Morgan fingerprint density at radius 1 is 1.17 bits per heavy atom. The lowest BCUT2D eigenvalue weighted by molar-refractivity contribution is -0.0257. The lowest BCUT2D eigenvalue weighted by Gasteiger charge is -2.28. The van der Waals surface area contributed by atoms with Gasteiger partial charge in [0.15, 0.2) is 0 Å². The summed E-state index contributed by atoms with van der Waals surface area (Å²) in [6.45, 7) is 3.49. The number of halogens is 3. The smallest absolute Gasteiger partial charge is 0.277 e. The standard InChI is InChI=1S/C13H17F3N2/c14-12-4-2-1-3-11(12)13(15,16)5-8-18-9-6-17-7-10-18/h1-4,17H,5-10H2. The summed E-state index contributed by atoms with van der Waals surface area (Å²) < 4.78 is 41.1. The Morgan fingerprint density at radius 3 is 2.50 bits per heavy atom. The first-order valence-electron chi connectivity index (χ1n) is 6.15. The molecule has 1 N–H and O–H groups in total. The molecule has 0 unspecified atom stereocenters. The highest BCUT2D eigenvalue weighted by molar-refractivity contribution is 5.22. The van der Waals surface area contributed by atoms with Crippen LogP contribution in [0.4, 0.5) is 13.2 Å². The minimum absolute atomic E-state index is 0.295. The van der Waals surface area contributed by atoms with Gasteiger partial charge in [-0.1, -0.05) is 18.2 Å². The minimum Gasteiger partial charge on any atom is -0.314 e. The molecular formula is C13H17F3N2. The maximum absolute atomic E-state index is 13.9. The average Bonchev–Trinajstić information content (AvgIpc) is 2.38. The fraction of sp³-hybridized carbons (Fsp3) is 0.538. The van der Waals surface area contributed by atoms with Gasteiger partial charge in [-0.2, -0.15) is 0 Å². The van der Waals surface area contributed by atoms with E-state index in [9.17, 15) is 13.2 Å². The lowest BCUT2D eigenvalue weighted by atomic mass is 10.0. The van der Waals surface area contributed by atoms with Gasteiger partial charge in [-0.05, 0) is 6.07 Å². The molecule has 0 radical (unpaired) electrons. The number of hydrogen-bond donors (Lipinski definition) is 1. The van der Waals surface area contributed by atoms with Crippen molar-refractivity contribution in [1.29, 1.82) is 0 Å². The van der Waals surface area contributed by atoms with Gasteiger partial charge in [-0.15, -0.1) is 0 Å². The first-order valence-corrected chi connectivity index (χ1v) is 6.15. The summed E-state index contributed by atoms with van der Waals surface area (Å²) in [5.41, 5.74) is -0.500. The molecule has 2 nitrogen and oxygen atoms in total. The van der Waals surface area contributed by atoms with Crippen LogP contribution in [0.5, 0.6) is 0 Å². The fourth-order valence-electron chi connectivity index (χ4n) is 2.13.